The minimum atomic E-state index is -0.905. The number of aromatic carboxylic acids is 1. The lowest BCUT2D eigenvalue weighted by molar-refractivity contribution is 0.0701. The van der Waals surface area contributed by atoms with Crippen LogP contribution in [0.4, 0.5) is 0 Å². The molecular formula is C13H16N2O3S2. The number of rotatable bonds is 7. The van der Waals surface area contributed by atoms with Crippen molar-refractivity contribution in [2.24, 2.45) is 0 Å². The van der Waals surface area contributed by atoms with Gasteiger partial charge in [0, 0.05) is 24.4 Å². The molecule has 0 fully saturated rings. The lowest BCUT2D eigenvalue weighted by Gasteiger charge is -2.03. The third-order valence-electron chi connectivity index (χ3n) is 2.76. The van der Waals surface area contributed by atoms with E-state index < -0.39 is 5.97 Å². The maximum absolute atomic E-state index is 11.2. The van der Waals surface area contributed by atoms with Crippen molar-refractivity contribution in [3.05, 3.63) is 16.8 Å². The van der Waals surface area contributed by atoms with Crippen LogP contribution in [0.25, 0.3) is 10.2 Å². The molecule has 108 valence electrons. The van der Waals surface area contributed by atoms with Gasteiger partial charge in [-0.25, -0.2) is 14.8 Å². The summed E-state index contributed by atoms with van der Waals surface area (Å²) in [5.74, 6) is -0.0122. The summed E-state index contributed by atoms with van der Waals surface area (Å²) < 4.78 is 5.30. The Labute approximate surface area is 125 Å². The van der Waals surface area contributed by atoms with E-state index in [4.69, 9.17) is 9.84 Å². The molecule has 0 saturated heterocycles. The molecule has 0 saturated carbocycles. The molecule has 2 heterocycles. The van der Waals surface area contributed by atoms with Crippen LogP contribution in [0.1, 0.15) is 28.6 Å². The molecule has 0 aromatic carbocycles. The minimum absolute atomic E-state index is 0.344. The summed E-state index contributed by atoms with van der Waals surface area (Å²) in [6.45, 7) is 5.26. The van der Waals surface area contributed by atoms with Crippen molar-refractivity contribution in [2.45, 2.75) is 25.3 Å². The normalized spacial score (nSPS) is 11.1. The molecule has 0 bridgehead atoms. The molecule has 0 aliphatic rings. The molecule has 0 unspecified atom stereocenters. The number of fused-ring (bicyclic) bond motifs is 1. The van der Waals surface area contributed by atoms with Crippen LogP contribution in [-0.2, 0) is 4.74 Å². The second-order valence-electron chi connectivity index (χ2n) is 4.12. The summed E-state index contributed by atoms with van der Waals surface area (Å²) in [5, 5.41) is 10.9. The Morgan fingerprint density at radius 3 is 3.00 bits per heavy atom. The zero-order valence-electron chi connectivity index (χ0n) is 11.4. The summed E-state index contributed by atoms with van der Waals surface area (Å²) in [6.07, 6.45) is 2.44. The number of aromatic nitrogens is 2. The summed E-state index contributed by atoms with van der Waals surface area (Å²) in [5.41, 5.74) is 0.755. The van der Waals surface area contributed by atoms with Crippen molar-refractivity contribution in [2.75, 3.05) is 19.0 Å². The minimum Gasteiger partial charge on any atom is -0.477 e. The van der Waals surface area contributed by atoms with Crippen LogP contribution in [0.15, 0.2) is 11.4 Å². The Morgan fingerprint density at radius 2 is 2.30 bits per heavy atom. The van der Waals surface area contributed by atoms with Gasteiger partial charge in [0.2, 0.25) is 0 Å². The molecule has 0 atom stereocenters. The lowest BCUT2D eigenvalue weighted by Crippen LogP contribution is -1.96. The fourth-order valence-electron chi connectivity index (χ4n) is 1.83. The van der Waals surface area contributed by atoms with Crippen molar-refractivity contribution >= 4 is 39.3 Å². The maximum Gasteiger partial charge on any atom is 0.346 e. The Kier molecular flexibility index (Phi) is 5.33. The Balaban J connectivity index is 2.19. The summed E-state index contributed by atoms with van der Waals surface area (Å²) in [7, 11) is 0. The van der Waals surface area contributed by atoms with Gasteiger partial charge in [-0.2, -0.15) is 0 Å². The number of aryl methyl sites for hydroxylation is 1. The van der Waals surface area contributed by atoms with E-state index in [9.17, 15) is 4.79 Å². The molecule has 20 heavy (non-hydrogen) atoms. The highest BCUT2D eigenvalue weighted by atomic mass is 32.2. The number of nitrogens with zero attached hydrogens (tertiary/aromatic N) is 2. The first-order valence-corrected chi connectivity index (χ1v) is 8.13. The van der Waals surface area contributed by atoms with E-state index in [1.54, 1.807) is 11.8 Å². The summed E-state index contributed by atoms with van der Waals surface area (Å²) in [6, 6.07) is 0. The molecule has 0 spiro atoms. The van der Waals surface area contributed by atoms with E-state index in [1.807, 2.05) is 13.8 Å². The first-order valence-electron chi connectivity index (χ1n) is 6.33. The van der Waals surface area contributed by atoms with Crippen LogP contribution in [0, 0.1) is 6.92 Å². The average Bonchev–Trinajstić information content (AvgIpc) is 2.77. The topological polar surface area (TPSA) is 72.3 Å². The number of thioether (sulfide) groups is 1. The van der Waals surface area contributed by atoms with Crippen LogP contribution in [0.5, 0.6) is 0 Å². The van der Waals surface area contributed by atoms with E-state index in [-0.39, 0.29) is 0 Å². The molecule has 2 rings (SSSR count). The van der Waals surface area contributed by atoms with Gasteiger partial charge >= 0.3 is 5.97 Å². The number of ether oxygens (including phenoxy) is 1. The molecule has 0 aliphatic carbocycles. The van der Waals surface area contributed by atoms with E-state index in [0.29, 0.717) is 4.88 Å². The molecule has 2 aromatic rings. The molecule has 5 nitrogen and oxygen atoms in total. The Morgan fingerprint density at radius 1 is 1.50 bits per heavy atom. The molecular weight excluding hydrogens is 296 g/mol. The van der Waals surface area contributed by atoms with Gasteiger partial charge in [0.15, 0.2) is 0 Å². The first kappa shape index (κ1) is 15.2. The van der Waals surface area contributed by atoms with Crippen molar-refractivity contribution in [1.29, 1.82) is 0 Å². The third-order valence-corrected chi connectivity index (χ3v) is 5.03. The van der Waals surface area contributed by atoms with Crippen LogP contribution >= 0.6 is 23.1 Å². The van der Waals surface area contributed by atoms with Crippen molar-refractivity contribution < 1.29 is 14.6 Å². The summed E-state index contributed by atoms with van der Waals surface area (Å²) in [4.78, 5) is 20.7. The Hall–Kier alpha value is -1.18. The van der Waals surface area contributed by atoms with Gasteiger partial charge in [-0.3, -0.25) is 0 Å². The van der Waals surface area contributed by atoms with Gasteiger partial charge < -0.3 is 9.84 Å². The van der Waals surface area contributed by atoms with Gasteiger partial charge in [-0.1, -0.05) is 0 Å². The quantitative estimate of drug-likeness (QED) is 0.481. The van der Waals surface area contributed by atoms with Crippen LogP contribution in [0.3, 0.4) is 0 Å². The van der Waals surface area contributed by atoms with Gasteiger partial charge in [-0.15, -0.1) is 23.1 Å². The number of carbonyl (C=O) groups is 1. The number of thiophene rings is 1. The average molecular weight is 312 g/mol. The Bertz CT molecular complexity index is 613. The molecule has 2 aromatic heterocycles. The monoisotopic (exact) mass is 312 g/mol. The van der Waals surface area contributed by atoms with E-state index in [2.05, 4.69) is 9.97 Å². The molecule has 0 amide bonds. The van der Waals surface area contributed by atoms with Crippen molar-refractivity contribution in [3.8, 4) is 0 Å². The van der Waals surface area contributed by atoms with E-state index >= 15 is 0 Å². The predicted octanol–water partition coefficient (Wildman–Crippen LogP) is 3.22. The van der Waals surface area contributed by atoms with Crippen LogP contribution in [-0.4, -0.2) is 40.0 Å². The third kappa shape index (κ3) is 3.28. The number of carboxylic acids is 1. The zero-order chi connectivity index (χ0) is 14.5. The first-order chi connectivity index (χ1) is 9.65. The highest BCUT2D eigenvalue weighted by Gasteiger charge is 2.18. The smallest absolute Gasteiger partial charge is 0.346 e. The largest absolute Gasteiger partial charge is 0.477 e. The van der Waals surface area contributed by atoms with Crippen LogP contribution < -0.4 is 0 Å². The molecule has 7 heteroatoms. The highest BCUT2D eigenvalue weighted by Crippen LogP contribution is 2.35. The van der Waals surface area contributed by atoms with E-state index in [1.165, 1.54) is 17.7 Å². The van der Waals surface area contributed by atoms with Crippen LogP contribution in [0.2, 0.25) is 0 Å². The fraction of sp³-hybridized carbons (Fsp3) is 0.462. The van der Waals surface area contributed by atoms with Gasteiger partial charge in [-0.05, 0) is 25.8 Å². The van der Waals surface area contributed by atoms with Crippen molar-refractivity contribution in [3.63, 3.8) is 0 Å². The standard InChI is InChI=1S/C13H16N2O3S2/c1-3-18-5-4-6-19-11-9-8(2)10(13(16)17)20-12(9)15-7-14-11/h7H,3-6H2,1-2H3,(H,16,17). The second-order valence-corrected chi connectivity index (χ2v) is 6.20. The molecule has 0 radical (unpaired) electrons. The van der Waals surface area contributed by atoms with Gasteiger partial charge in [0.1, 0.15) is 21.1 Å². The van der Waals surface area contributed by atoms with Gasteiger partial charge in [0.05, 0.1) is 0 Å². The van der Waals surface area contributed by atoms with Gasteiger partial charge in [0.25, 0.3) is 0 Å². The summed E-state index contributed by atoms with van der Waals surface area (Å²) >= 11 is 2.83. The SMILES string of the molecule is CCOCCCSc1ncnc2sc(C(=O)O)c(C)c12. The fourth-order valence-corrected chi connectivity index (χ4v) is 3.85. The molecule has 1 N–H and O–H groups in total. The number of carboxylic acid groups (broad SMARTS) is 1. The zero-order valence-corrected chi connectivity index (χ0v) is 13.0. The van der Waals surface area contributed by atoms with E-state index in [0.717, 1.165) is 46.2 Å². The highest BCUT2D eigenvalue weighted by molar-refractivity contribution is 7.99. The molecule has 0 aliphatic heterocycles. The number of hydrogen-bond acceptors (Lipinski definition) is 6. The predicted molar refractivity (Wildman–Crippen MR) is 80.9 cm³/mol. The second kappa shape index (κ2) is 7.01. The van der Waals surface area contributed by atoms with Crippen molar-refractivity contribution in [1.82, 2.24) is 9.97 Å². The number of hydrogen-bond donors (Lipinski definition) is 1. The lowest BCUT2D eigenvalue weighted by atomic mass is 10.2. The maximum atomic E-state index is 11.2.